The van der Waals surface area contributed by atoms with Crippen molar-refractivity contribution in [1.29, 1.82) is 0 Å². The van der Waals surface area contributed by atoms with E-state index in [4.69, 9.17) is 11.6 Å². The molecule has 6 heteroatoms. The first-order valence-electron chi connectivity index (χ1n) is 7.23. The first-order valence-corrected chi connectivity index (χ1v) is 7.61. The summed E-state index contributed by atoms with van der Waals surface area (Å²) in [6.07, 6.45) is 6.64. The number of hydrogen-bond acceptors (Lipinski definition) is 5. The van der Waals surface area contributed by atoms with E-state index in [-0.39, 0.29) is 0 Å². The molecule has 1 aliphatic rings. The Morgan fingerprint density at radius 1 is 1.45 bits per heavy atom. The lowest BCUT2D eigenvalue weighted by Gasteiger charge is -2.33. The number of rotatable bonds is 5. The molecule has 20 heavy (non-hydrogen) atoms. The number of nitrogens with zero attached hydrogens (tertiary/aromatic N) is 4. The van der Waals surface area contributed by atoms with Crippen molar-refractivity contribution < 1.29 is 0 Å². The summed E-state index contributed by atoms with van der Waals surface area (Å²) >= 11 is 6.10. The van der Waals surface area contributed by atoms with E-state index < -0.39 is 0 Å². The number of likely N-dealkylation sites (tertiary alicyclic amines) is 1. The Morgan fingerprint density at radius 2 is 2.25 bits per heavy atom. The average Bonchev–Trinajstić information content (AvgIpc) is 2.46. The summed E-state index contributed by atoms with van der Waals surface area (Å²) in [7, 11) is 6.13. The molecule has 1 fully saturated rings. The van der Waals surface area contributed by atoms with Gasteiger partial charge in [-0.2, -0.15) is 0 Å². The summed E-state index contributed by atoms with van der Waals surface area (Å²) in [5.41, 5.74) is 0.800. The van der Waals surface area contributed by atoms with Gasteiger partial charge in [-0.3, -0.25) is 0 Å². The van der Waals surface area contributed by atoms with E-state index in [1.165, 1.54) is 32.1 Å². The highest BCUT2D eigenvalue weighted by molar-refractivity contribution is 6.32. The van der Waals surface area contributed by atoms with Crippen LogP contribution in [0.5, 0.6) is 0 Å². The normalized spacial score (nSPS) is 19.9. The molecule has 1 aliphatic heterocycles. The minimum atomic E-state index is 0.471. The predicted molar refractivity (Wildman–Crippen MR) is 84.7 cm³/mol. The number of halogens is 1. The molecule has 0 radical (unpaired) electrons. The largest absolute Gasteiger partial charge is 0.383 e. The minimum absolute atomic E-state index is 0.471. The maximum absolute atomic E-state index is 6.10. The number of aromatic nitrogens is 2. The first-order chi connectivity index (χ1) is 9.63. The maximum Gasteiger partial charge on any atom is 0.157 e. The van der Waals surface area contributed by atoms with Crippen LogP contribution in [0.4, 0.5) is 11.5 Å². The number of piperidine rings is 1. The molecule has 0 amide bonds. The Labute approximate surface area is 126 Å². The van der Waals surface area contributed by atoms with Crippen LogP contribution in [-0.2, 0) is 0 Å². The van der Waals surface area contributed by atoms with Crippen LogP contribution in [0.15, 0.2) is 6.33 Å². The third kappa shape index (κ3) is 3.52. The first kappa shape index (κ1) is 15.3. The van der Waals surface area contributed by atoms with E-state index in [1.54, 1.807) is 0 Å². The van der Waals surface area contributed by atoms with E-state index in [0.29, 0.717) is 11.2 Å². The van der Waals surface area contributed by atoms with Crippen LogP contribution in [-0.4, -0.2) is 55.1 Å². The van der Waals surface area contributed by atoms with Gasteiger partial charge in [0, 0.05) is 26.7 Å². The van der Waals surface area contributed by atoms with Crippen molar-refractivity contribution in [3.63, 3.8) is 0 Å². The second kappa shape index (κ2) is 7.09. The predicted octanol–water partition coefficient (Wildman–Crippen LogP) is 2.48. The smallest absolute Gasteiger partial charge is 0.157 e. The van der Waals surface area contributed by atoms with Crippen molar-refractivity contribution >= 4 is 23.1 Å². The lowest BCUT2D eigenvalue weighted by molar-refractivity contribution is 0.178. The minimum Gasteiger partial charge on any atom is -0.383 e. The Balaban J connectivity index is 1.98. The number of anilines is 2. The van der Waals surface area contributed by atoms with Crippen LogP contribution < -0.4 is 10.2 Å². The zero-order chi connectivity index (χ0) is 14.5. The molecule has 1 atom stereocenters. The van der Waals surface area contributed by atoms with Gasteiger partial charge in [0.25, 0.3) is 0 Å². The van der Waals surface area contributed by atoms with Crippen LogP contribution in [0.3, 0.4) is 0 Å². The van der Waals surface area contributed by atoms with Gasteiger partial charge in [-0.1, -0.05) is 18.0 Å². The highest BCUT2D eigenvalue weighted by Crippen LogP contribution is 2.28. The van der Waals surface area contributed by atoms with Gasteiger partial charge in [0.2, 0.25) is 0 Å². The second-order valence-electron chi connectivity index (χ2n) is 5.45. The third-order valence-corrected chi connectivity index (χ3v) is 4.40. The van der Waals surface area contributed by atoms with E-state index in [1.807, 2.05) is 7.05 Å². The molecule has 5 nitrogen and oxygen atoms in total. The van der Waals surface area contributed by atoms with Crippen molar-refractivity contribution in [3.05, 3.63) is 11.5 Å². The third-order valence-electron chi connectivity index (χ3n) is 4.11. The van der Waals surface area contributed by atoms with Crippen LogP contribution in [0.2, 0.25) is 5.15 Å². The quantitative estimate of drug-likeness (QED) is 0.846. The van der Waals surface area contributed by atoms with Crippen LogP contribution in [0.25, 0.3) is 0 Å². The van der Waals surface area contributed by atoms with Crippen molar-refractivity contribution in [2.24, 2.45) is 0 Å². The summed E-state index contributed by atoms with van der Waals surface area (Å²) < 4.78 is 0. The van der Waals surface area contributed by atoms with Crippen LogP contribution in [0.1, 0.15) is 25.7 Å². The number of hydrogen-bond donors (Lipinski definition) is 1. The van der Waals surface area contributed by atoms with Gasteiger partial charge >= 0.3 is 0 Å². The van der Waals surface area contributed by atoms with Crippen molar-refractivity contribution in [2.75, 3.05) is 44.4 Å². The van der Waals surface area contributed by atoms with Crippen molar-refractivity contribution in [2.45, 2.75) is 31.7 Å². The van der Waals surface area contributed by atoms with Gasteiger partial charge < -0.3 is 15.1 Å². The second-order valence-corrected chi connectivity index (χ2v) is 5.81. The fraction of sp³-hybridized carbons (Fsp3) is 0.714. The molecule has 0 aliphatic carbocycles. The van der Waals surface area contributed by atoms with Crippen LogP contribution >= 0.6 is 11.6 Å². The Hall–Kier alpha value is -1.07. The molecule has 0 saturated carbocycles. The summed E-state index contributed by atoms with van der Waals surface area (Å²) in [5.74, 6) is 0.867. The van der Waals surface area contributed by atoms with Crippen LogP contribution in [0, 0.1) is 0 Å². The fourth-order valence-electron chi connectivity index (χ4n) is 2.82. The molecule has 112 valence electrons. The Bertz CT molecular complexity index is 440. The molecule has 1 aromatic rings. The van der Waals surface area contributed by atoms with Gasteiger partial charge in [0.1, 0.15) is 12.0 Å². The van der Waals surface area contributed by atoms with Crippen molar-refractivity contribution in [3.8, 4) is 0 Å². The average molecular weight is 298 g/mol. The molecule has 0 bridgehead atoms. The standard InChI is InChI=1S/C14H24ClN5/c1-16-12-13(15)17-10-18-14(12)20(3)9-7-11-6-4-5-8-19(11)2/h10-11,16H,4-9H2,1-3H3. The fourth-order valence-corrected chi connectivity index (χ4v) is 3.04. The summed E-state index contributed by atoms with van der Waals surface area (Å²) in [4.78, 5) is 13.0. The molecule has 0 aromatic carbocycles. The Kier molecular flexibility index (Phi) is 5.43. The van der Waals surface area contributed by atoms with Gasteiger partial charge in [-0.05, 0) is 32.9 Å². The molecule has 2 rings (SSSR count). The number of nitrogens with one attached hydrogen (secondary N) is 1. The molecule has 1 unspecified atom stereocenters. The van der Waals surface area contributed by atoms with Gasteiger partial charge in [0.05, 0.1) is 0 Å². The molecule has 2 heterocycles. The lowest BCUT2D eigenvalue weighted by Crippen LogP contribution is -2.38. The summed E-state index contributed by atoms with van der Waals surface area (Å²) in [5, 5.41) is 3.55. The van der Waals surface area contributed by atoms with Gasteiger partial charge in [-0.15, -0.1) is 0 Å². The molecule has 1 aromatic heterocycles. The summed E-state index contributed by atoms with van der Waals surface area (Å²) in [6, 6.07) is 0.682. The molecular weight excluding hydrogens is 274 g/mol. The molecular formula is C14H24ClN5. The SMILES string of the molecule is CNc1c(Cl)ncnc1N(C)CCC1CCCCN1C. The van der Waals surface area contributed by atoms with E-state index >= 15 is 0 Å². The maximum atomic E-state index is 6.10. The Morgan fingerprint density at radius 3 is 2.95 bits per heavy atom. The monoisotopic (exact) mass is 297 g/mol. The molecule has 1 saturated heterocycles. The molecule has 0 spiro atoms. The van der Waals surface area contributed by atoms with Gasteiger partial charge in [0.15, 0.2) is 11.0 Å². The molecule has 1 N–H and O–H groups in total. The van der Waals surface area contributed by atoms with E-state index in [9.17, 15) is 0 Å². The zero-order valence-corrected chi connectivity index (χ0v) is 13.3. The van der Waals surface area contributed by atoms with Gasteiger partial charge in [-0.25, -0.2) is 9.97 Å². The van der Waals surface area contributed by atoms with E-state index in [0.717, 1.165) is 24.5 Å². The topological polar surface area (TPSA) is 44.3 Å². The zero-order valence-electron chi connectivity index (χ0n) is 12.6. The summed E-state index contributed by atoms with van der Waals surface area (Å²) in [6.45, 7) is 2.19. The van der Waals surface area contributed by atoms with Crippen molar-refractivity contribution in [1.82, 2.24) is 14.9 Å². The van der Waals surface area contributed by atoms with E-state index in [2.05, 4.69) is 39.2 Å². The highest BCUT2D eigenvalue weighted by Gasteiger charge is 2.20. The lowest BCUT2D eigenvalue weighted by atomic mass is 10.00. The highest BCUT2D eigenvalue weighted by atomic mass is 35.5.